The molecule has 0 aromatic heterocycles. The molecule has 1 saturated carbocycles. The van der Waals surface area contributed by atoms with Crippen LogP contribution in [0.3, 0.4) is 0 Å². The van der Waals surface area contributed by atoms with Gasteiger partial charge in [-0.1, -0.05) is 59.7 Å². The van der Waals surface area contributed by atoms with Crippen LogP contribution in [0.4, 0.5) is 0 Å². The van der Waals surface area contributed by atoms with Crippen LogP contribution in [0.5, 0.6) is 0 Å². The van der Waals surface area contributed by atoms with Crippen LogP contribution in [0.15, 0.2) is 30.3 Å². The summed E-state index contributed by atoms with van der Waals surface area (Å²) in [5.74, 6) is -0.264. The first-order valence-corrected chi connectivity index (χ1v) is 12.4. The zero-order valence-corrected chi connectivity index (χ0v) is 18.6. The van der Waals surface area contributed by atoms with Crippen LogP contribution in [-0.2, 0) is 9.16 Å². The maximum Gasteiger partial charge on any atom is 0.338 e. The molecule has 1 aliphatic carbocycles. The van der Waals surface area contributed by atoms with Gasteiger partial charge in [-0.2, -0.15) is 0 Å². The van der Waals surface area contributed by atoms with Crippen molar-refractivity contribution in [1.82, 2.24) is 0 Å². The lowest BCUT2D eigenvalue weighted by Crippen LogP contribution is -2.51. The van der Waals surface area contributed by atoms with E-state index >= 15 is 0 Å². The van der Waals surface area contributed by atoms with Gasteiger partial charge in [0.2, 0.25) is 8.32 Å². The Morgan fingerprint density at radius 2 is 1.59 bits per heavy atom. The molecule has 0 amide bonds. The molecular formula is C22H36O4Si. The number of aliphatic hydroxyl groups is 1. The van der Waals surface area contributed by atoms with Gasteiger partial charge >= 0.3 is 5.97 Å². The van der Waals surface area contributed by atoms with Gasteiger partial charge in [0.1, 0.15) is 6.10 Å². The molecule has 1 N–H and O–H groups in total. The number of benzene rings is 1. The standard InChI is InChI=1S/C22H36O4Si/c1-15(2)27(16(3)4,17(5)6)26-21-13-20(12-19(21)14-23)25-22(24)18-10-8-7-9-11-18/h7-11,15-17,19-21,23H,12-14H2,1-6H3. The summed E-state index contributed by atoms with van der Waals surface area (Å²) in [4.78, 5) is 12.4. The zero-order chi connectivity index (χ0) is 20.2. The molecule has 1 aromatic rings. The lowest BCUT2D eigenvalue weighted by atomic mass is 10.1. The van der Waals surface area contributed by atoms with Crippen molar-refractivity contribution in [3.63, 3.8) is 0 Å². The van der Waals surface area contributed by atoms with Crippen LogP contribution in [-0.4, -0.2) is 38.2 Å². The molecule has 0 bridgehead atoms. The molecule has 0 saturated heterocycles. The maximum absolute atomic E-state index is 12.4. The van der Waals surface area contributed by atoms with Crippen molar-refractivity contribution in [3.05, 3.63) is 35.9 Å². The summed E-state index contributed by atoms with van der Waals surface area (Å²) in [5, 5.41) is 9.91. The summed E-state index contributed by atoms with van der Waals surface area (Å²) < 4.78 is 12.6. The van der Waals surface area contributed by atoms with E-state index in [1.165, 1.54) is 0 Å². The summed E-state index contributed by atoms with van der Waals surface area (Å²) >= 11 is 0. The number of aliphatic hydroxyl groups excluding tert-OH is 1. The Morgan fingerprint density at radius 1 is 1.04 bits per heavy atom. The Hall–Kier alpha value is -1.17. The van der Waals surface area contributed by atoms with Crippen molar-refractivity contribution < 1.29 is 19.1 Å². The molecule has 152 valence electrons. The smallest absolute Gasteiger partial charge is 0.338 e. The van der Waals surface area contributed by atoms with Gasteiger partial charge < -0.3 is 14.3 Å². The molecule has 1 fully saturated rings. The van der Waals surface area contributed by atoms with Gasteiger partial charge in [0, 0.05) is 18.9 Å². The van der Waals surface area contributed by atoms with E-state index in [-0.39, 0.29) is 30.7 Å². The summed E-state index contributed by atoms with van der Waals surface area (Å²) in [6.45, 7) is 13.7. The molecule has 27 heavy (non-hydrogen) atoms. The molecular weight excluding hydrogens is 356 g/mol. The molecule has 3 unspecified atom stereocenters. The number of rotatable bonds is 8. The number of hydrogen-bond donors (Lipinski definition) is 1. The second-order valence-electron chi connectivity index (χ2n) is 8.78. The molecule has 0 spiro atoms. The Bertz CT molecular complexity index is 578. The van der Waals surface area contributed by atoms with Crippen LogP contribution < -0.4 is 0 Å². The van der Waals surface area contributed by atoms with Gasteiger partial charge in [0.15, 0.2) is 0 Å². The highest BCUT2D eigenvalue weighted by atomic mass is 28.4. The van der Waals surface area contributed by atoms with Crippen LogP contribution in [0.25, 0.3) is 0 Å². The van der Waals surface area contributed by atoms with E-state index < -0.39 is 8.32 Å². The number of esters is 1. The molecule has 0 heterocycles. The van der Waals surface area contributed by atoms with E-state index in [1.807, 2.05) is 18.2 Å². The number of hydrogen-bond acceptors (Lipinski definition) is 4. The fraction of sp³-hybridized carbons (Fsp3) is 0.682. The lowest BCUT2D eigenvalue weighted by molar-refractivity contribution is 0.0288. The summed E-state index contributed by atoms with van der Waals surface area (Å²) in [7, 11) is -2.04. The minimum Gasteiger partial charge on any atom is -0.459 e. The second kappa shape index (κ2) is 9.35. The number of carbonyl (C=O) groups excluding carboxylic acids is 1. The van der Waals surface area contributed by atoms with Gasteiger partial charge in [-0.15, -0.1) is 0 Å². The van der Waals surface area contributed by atoms with Crippen LogP contribution in [0.1, 0.15) is 64.7 Å². The predicted molar refractivity (Wildman–Crippen MR) is 111 cm³/mol. The minimum atomic E-state index is -2.04. The molecule has 3 atom stereocenters. The van der Waals surface area contributed by atoms with Crippen molar-refractivity contribution in [3.8, 4) is 0 Å². The van der Waals surface area contributed by atoms with E-state index in [2.05, 4.69) is 41.5 Å². The summed E-state index contributed by atoms with van der Waals surface area (Å²) in [6, 6.07) is 9.08. The first-order chi connectivity index (χ1) is 12.7. The molecule has 1 aromatic carbocycles. The monoisotopic (exact) mass is 392 g/mol. The lowest BCUT2D eigenvalue weighted by Gasteiger charge is -2.45. The van der Waals surface area contributed by atoms with Gasteiger partial charge in [0.05, 0.1) is 11.7 Å². The van der Waals surface area contributed by atoms with Crippen molar-refractivity contribution >= 4 is 14.3 Å². The van der Waals surface area contributed by atoms with Gasteiger partial charge in [-0.3, -0.25) is 0 Å². The highest BCUT2D eigenvalue weighted by Gasteiger charge is 2.49. The Morgan fingerprint density at radius 3 is 2.07 bits per heavy atom. The van der Waals surface area contributed by atoms with Crippen molar-refractivity contribution in [2.45, 2.75) is 83.2 Å². The van der Waals surface area contributed by atoms with Crippen LogP contribution in [0, 0.1) is 5.92 Å². The molecule has 1 aliphatic rings. The average Bonchev–Trinajstić information content (AvgIpc) is 3.00. The van der Waals surface area contributed by atoms with E-state index in [9.17, 15) is 9.90 Å². The predicted octanol–water partition coefficient (Wildman–Crippen LogP) is 5.18. The highest BCUT2D eigenvalue weighted by Crippen LogP contribution is 2.46. The molecule has 0 aliphatic heterocycles. The SMILES string of the molecule is CC(C)[Si](OC1CC(OC(=O)c2ccccc2)CC1CO)(C(C)C)C(C)C. The number of ether oxygens (including phenoxy) is 1. The summed E-state index contributed by atoms with van der Waals surface area (Å²) in [6.07, 6.45) is 1.10. The fourth-order valence-electron chi connectivity index (χ4n) is 4.93. The van der Waals surface area contributed by atoms with Crippen molar-refractivity contribution in [2.75, 3.05) is 6.61 Å². The van der Waals surface area contributed by atoms with Crippen LogP contribution in [0.2, 0.25) is 16.6 Å². The van der Waals surface area contributed by atoms with Crippen LogP contribution >= 0.6 is 0 Å². The van der Waals surface area contributed by atoms with Crippen molar-refractivity contribution in [1.29, 1.82) is 0 Å². The Kier molecular flexibility index (Phi) is 7.66. The number of carbonyl (C=O) groups is 1. The quantitative estimate of drug-likeness (QED) is 0.489. The molecule has 4 nitrogen and oxygen atoms in total. The highest BCUT2D eigenvalue weighted by molar-refractivity contribution is 6.77. The third-order valence-corrected chi connectivity index (χ3v) is 12.3. The first-order valence-electron chi connectivity index (χ1n) is 10.3. The normalized spacial score (nSPS) is 23.4. The fourth-order valence-corrected chi connectivity index (χ4v) is 10.6. The van der Waals surface area contributed by atoms with Gasteiger partial charge in [-0.05, 0) is 35.2 Å². The van der Waals surface area contributed by atoms with E-state index in [1.54, 1.807) is 12.1 Å². The van der Waals surface area contributed by atoms with Crippen molar-refractivity contribution in [2.24, 2.45) is 5.92 Å². The second-order valence-corrected chi connectivity index (χ2v) is 14.2. The molecule has 5 heteroatoms. The minimum absolute atomic E-state index is 0.0294. The topological polar surface area (TPSA) is 55.8 Å². The first kappa shape index (κ1) is 22.1. The van der Waals surface area contributed by atoms with Gasteiger partial charge in [0.25, 0.3) is 0 Å². The largest absolute Gasteiger partial charge is 0.459 e. The van der Waals surface area contributed by atoms with E-state index in [0.717, 1.165) is 0 Å². The molecule has 2 rings (SSSR count). The van der Waals surface area contributed by atoms with E-state index in [4.69, 9.17) is 9.16 Å². The Labute approximate surface area is 165 Å². The average molecular weight is 393 g/mol. The third-order valence-electron chi connectivity index (χ3n) is 6.17. The zero-order valence-electron chi connectivity index (χ0n) is 17.6. The third kappa shape index (κ3) is 4.82. The maximum atomic E-state index is 12.4. The Balaban J connectivity index is 2.12. The van der Waals surface area contributed by atoms with Gasteiger partial charge in [-0.25, -0.2) is 4.79 Å². The molecule has 0 radical (unpaired) electrons. The summed E-state index contributed by atoms with van der Waals surface area (Å²) in [5.41, 5.74) is 2.03. The van der Waals surface area contributed by atoms with E-state index in [0.29, 0.717) is 35.0 Å².